The predicted molar refractivity (Wildman–Crippen MR) is 145 cm³/mol. The standard InChI is InChI=1S/C27H34Cl3N3O2/c1-27(2,3)35-26(34)32-14-12-31(13-15-32)17-19-4-11-25(23-10-7-21(29)16-24(23)30)33(18-19)22-8-5-20(28)6-9-22/h5-10,16,19,25H,4,11-15,17-18H2,1-3H3/t19-,25-/m0/s1. The number of carbonyl (C=O) groups excluding carboxylic acids is 1. The van der Waals surface area contributed by atoms with Crippen molar-refractivity contribution in [2.45, 2.75) is 45.3 Å². The molecule has 2 aliphatic rings. The molecular weight excluding hydrogens is 505 g/mol. The van der Waals surface area contributed by atoms with Crippen LogP contribution in [0.25, 0.3) is 0 Å². The normalized spacial score (nSPS) is 21.8. The lowest BCUT2D eigenvalue weighted by molar-refractivity contribution is 0.0130. The van der Waals surface area contributed by atoms with Crippen molar-refractivity contribution in [1.29, 1.82) is 0 Å². The number of nitrogens with zero attached hydrogens (tertiary/aromatic N) is 3. The number of benzene rings is 2. The Kier molecular flexibility index (Phi) is 8.42. The summed E-state index contributed by atoms with van der Waals surface area (Å²) in [6.45, 7) is 10.8. The van der Waals surface area contributed by atoms with E-state index in [4.69, 9.17) is 39.5 Å². The third-order valence-electron chi connectivity index (χ3n) is 6.70. The lowest BCUT2D eigenvalue weighted by Crippen LogP contribution is -2.52. The summed E-state index contributed by atoms with van der Waals surface area (Å²) in [6, 6.07) is 14.0. The van der Waals surface area contributed by atoms with Crippen molar-refractivity contribution in [2.75, 3.05) is 44.2 Å². The third kappa shape index (κ3) is 6.97. The minimum atomic E-state index is -0.467. The first-order valence-electron chi connectivity index (χ1n) is 12.3. The maximum Gasteiger partial charge on any atom is 0.410 e. The molecule has 0 aromatic heterocycles. The van der Waals surface area contributed by atoms with Gasteiger partial charge >= 0.3 is 6.09 Å². The van der Waals surface area contributed by atoms with Crippen LogP contribution in [0.5, 0.6) is 0 Å². The van der Waals surface area contributed by atoms with Gasteiger partial charge in [-0.05, 0) is 81.5 Å². The Morgan fingerprint density at radius 1 is 0.943 bits per heavy atom. The van der Waals surface area contributed by atoms with Crippen molar-refractivity contribution in [3.05, 3.63) is 63.1 Å². The van der Waals surface area contributed by atoms with Crippen molar-refractivity contribution < 1.29 is 9.53 Å². The minimum Gasteiger partial charge on any atom is -0.444 e. The molecule has 2 aliphatic heterocycles. The van der Waals surface area contributed by atoms with Crippen LogP contribution in [0, 0.1) is 5.92 Å². The second kappa shape index (κ2) is 11.2. The third-order valence-corrected chi connectivity index (χ3v) is 7.51. The van der Waals surface area contributed by atoms with E-state index in [1.165, 1.54) is 0 Å². The first-order valence-corrected chi connectivity index (χ1v) is 13.4. The largest absolute Gasteiger partial charge is 0.444 e. The molecule has 0 aliphatic carbocycles. The van der Waals surface area contributed by atoms with Crippen molar-refractivity contribution in [3.8, 4) is 0 Å². The fourth-order valence-electron chi connectivity index (χ4n) is 5.01. The second-order valence-corrected chi connectivity index (χ2v) is 11.8. The van der Waals surface area contributed by atoms with Gasteiger partial charge < -0.3 is 14.5 Å². The number of anilines is 1. The molecule has 190 valence electrons. The van der Waals surface area contributed by atoms with E-state index in [-0.39, 0.29) is 12.1 Å². The topological polar surface area (TPSA) is 36.0 Å². The number of carbonyl (C=O) groups is 1. The van der Waals surface area contributed by atoms with E-state index in [0.717, 1.165) is 55.3 Å². The van der Waals surface area contributed by atoms with Crippen LogP contribution in [0.3, 0.4) is 0 Å². The van der Waals surface area contributed by atoms with Gasteiger partial charge in [0.25, 0.3) is 0 Å². The van der Waals surface area contributed by atoms with Gasteiger partial charge in [0.05, 0.1) is 6.04 Å². The summed E-state index contributed by atoms with van der Waals surface area (Å²) >= 11 is 19.0. The summed E-state index contributed by atoms with van der Waals surface area (Å²) in [7, 11) is 0. The van der Waals surface area contributed by atoms with E-state index in [1.54, 1.807) is 0 Å². The quantitative estimate of drug-likeness (QED) is 0.414. The zero-order chi connectivity index (χ0) is 25.2. The van der Waals surface area contributed by atoms with Gasteiger partial charge in [0.1, 0.15) is 5.60 Å². The Labute approximate surface area is 223 Å². The second-order valence-electron chi connectivity index (χ2n) is 10.5. The fourth-order valence-corrected chi connectivity index (χ4v) is 5.67. The lowest BCUT2D eigenvalue weighted by atomic mass is 9.88. The van der Waals surface area contributed by atoms with E-state index in [0.29, 0.717) is 29.1 Å². The molecule has 2 fully saturated rings. The number of hydrogen-bond donors (Lipinski definition) is 0. The fraction of sp³-hybridized carbons (Fsp3) is 0.519. The first-order chi connectivity index (χ1) is 16.6. The molecule has 2 aromatic carbocycles. The number of rotatable bonds is 4. The zero-order valence-electron chi connectivity index (χ0n) is 20.6. The molecule has 8 heteroatoms. The Hall–Kier alpha value is -1.66. The van der Waals surface area contributed by atoms with E-state index in [9.17, 15) is 4.79 Å². The number of piperidine rings is 1. The number of hydrogen-bond acceptors (Lipinski definition) is 4. The van der Waals surface area contributed by atoms with Crippen LogP contribution in [0.15, 0.2) is 42.5 Å². The van der Waals surface area contributed by atoms with Crippen molar-refractivity contribution >= 4 is 46.6 Å². The molecular formula is C27H34Cl3N3O2. The summed E-state index contributed by atoms with van der Waals surface area (Å²) in [4.78, 5) is 19.2. The van der Waals surface area contributed by atoms with Gasteiger partial charge in [-0.3, -0.25) is 4.90 Å². The van der Waals surface area contributed by atoms with Crippen LogP contribution in [-0.4, -0.2) is 60.8 Å². The van der Waals surface area contributed by atoms with E-state index < -0.39 is 5.60 Å². The SMILES string of the molecule is CC(C)(C)OC(=O)N1CCN(C[C@@H]2CC[C@@H](c3ccc(Cl)cc3Cl)N(c3ccc(Cl)cc3)C2)CC1. The van der Waals surface area contributed by atoms with Crippen molar-refractivity contribution in [3.63, 3.8) is 0 Å². The van der Waals surface area contributed by atoms with Gasteiger partial charge in [-0.2, -0.15) is 0 Å². The maximum absolute atomic E-state index is 12.4. The molecule has 0 N–H and O–H groups in total. The van der Waals surface area contributed by atoms with Crippen LogP contribution < -0.4 is 4.90 Å². The van der Waals surface area contributed by atoms with Gasteiger partial charge in [-0.1, -0.05) is 40.9 Å². The summed E-state index contributed by atoms with van der Waals surface area (Å²) in [5.74, 6) is 0.515. The highest BCUT2D eigenvalue weighted by Crippen LogP contribution is 2.40. The van der Waals surface area contributed by atoms with Crippen molar-refractivity contribution in [1.82, 2.24) is 9.80 Å². The van der Waals surface area contributed by atoms with E-state index in [1.807, 2.05) is 49.9 Å². The van der Waals surface area contributed by atoms with E-state index >= 15 is 0 Å². The molecule has 2 atom stereocenters. The van der Waals surface area contributed by atoms with E-state index in [2.05, 4.69) is 28.0 Å². The maximum atomic E-state index is 12.4. The van der Waals surface area contributed by atoms with Gasteiger partial charge in [0.2, 0.25) is 0 Å². The molecule has 0 spiro atoms. The Balaban J connectivity index is 1.42. The summed E-state index contributed by atoms with van der Waals surface area (Å²) in [6.07, 6.45) is 1.90. The Morgan fingerprint density at radius 2 is 1.60 bits per heavy atom. The summed E-state index contributed by atoms with van der Waals surface area (Å²) in [5.41, 5.74) is 1.78. The van der Waals surface area contributed by atoms with Crippen molar-refractivity contribution in [2.24, 2.45) is 5.92 Å². The van der Waals surface area contributed by atoms with Crippen LogP contribution in [0.4, 0.5) is 10.5 Å². The molecule has 0 bridgehead atoms. The predicted octanol–water partition coefficient (Wildman–Crippen LogP) is 7.16. The zero-order valence-corrected chi connectivity index (χ0v) is 22.9. The number of halogens is 3. The summed E-state index contributed by atoms with van der Waals surface area (Å²) in [5, 5.41) is 2.08. The Morgan fingerprint density at radius 3 is 2.23 bits per heavy atom. The van der Waals surface area contributed by atoms with Gasteiger partial charge in [0, 0.05) is 60.0 Å². The highest BCUT2D eigenvalue weighted by molar-refractivity contribution is 6.35. The highest BCUT2D eigenvalue weighted by Gasteiger charge is 2.33. The lowest BCUT2D eigenvalue weighted by Gasteiger charge is -2.44. The summed E-state index contributed by atoms with van der Waals surface area (Å²) < 4.78 is 5.54. The first kappa shape index (κ1) is 26.4. The van der Waals surface area contributed by atoms with Gasteiger partial charge in [-0.15, -0.1) is 0 Å². The molecule has 2 aromatic rings. The molecule has 35 heavy (non-hydrogen) atoms. The van der Waals surface area contributed by atoms with Crippen LogP contribution in [0.2, 0.25) is 15.1 Å². The van der Waals surface area contributed by atoms with Crippen LogP contribution in [0.1, 0.15) is 45.2 Å². The highest BCUT2D eigenvalue weighted by atomic mass is 35.5. The van der Waals surface area contributed by atoms with Crippen LogP contribution in [-0.2, 0) is 4.74 Å². The Bertz CT molecular complexity index is 1020. The van der Waals surface area contributed by atoms with Gasteiger partial charge in [0.15, 0.2) is 0 Å². The molecule has 0 radical (unpaired) electrons. The smallest absolute Gasteiger partial charge is 0.410 e. The molecule has 0 unspecified atom stereocenters. The average Bonchev–Trinajstić information content (AvgIpc) is 2.79. The number of piperazine rings is 1. The monoisotopic (exact) mass is 537 g/mol. The molecule has 0 saturated carbocycles. The minimum absolute atomic E-state index is 0.182. The molecule has 1 amide bonds. The molecule has 5 nitrogen and oxygen atoms in total. The average molecular weight is 539 g/mol. The molecule has 4 rings (SSSR count). The van der Waals surface area contributed by atoms with Gasteiger partial charge in [-0.25, -0.2) is 4.79 Å². The van der Waals surface area contributed by atoms with Crippen LogP contribution >= 0.6 is 34.8 Å². The molecule has 2 heterocycles. The number of ether oxygens (including phenoxy) is 1. The molecule has 2 saturated heterocycles. The number of amides is 1.